The summed E-state index contributed by atoms with van der Waals surface area (Å²) < 4.78 is 33.4. The number of carbonyl (C=O) groups excluding carboxylic acids is 1. The molecule has 0 aromatic heterocycles. The number of morpholine rings is 1. The van der Waals surface area contributed by atoms with E-state index in [-0.39, 0.29) is 23.0 Å². The number of rotatable bonds is 4. The Hall–Kier alpha value is -2.09. The maximum Gasteiger partial charge on any atom is 0.261 e. The molecule has 0 aliphatic carbocycles. The molecule has 1 N–H and O–H groups in total. The molecule has 1 aliphatic rings. The molecule has 1 amide bonds. The van der Waals surface area contributed by atoms with E-state index < -0.39 is 10.0 Å². The molecule has 0 unspecified atom stereocenters. The molecule has 1 fully saturated rings. The van der Waals surface area contributed by atoms with Crippen LogP contribution in [0.5, 0.6) is 0 Å². The van der Waals surface area contributed by atoms with Crippen molar-refractivity contribution in [2.45, 2.75) is 31.0 Å². The molecular formula is C19H21ClN2O4S. The number of nitrogens with one attached hydrogen (secondary N) is 1. The average molecular weight is 409 g/mol. The lowest BCUT2D eigenvalue weighted by Crippen LogP contribution is -2.48. The summed E-state index contributed by atoms with van der Waals surface area (Å²) >= 11 is 5.82. The number of benzene rings is 2. The smallest absolute Gasteiger partial charge is 0.261 e. The van der Waals surface area contributed by atoms with Crippen molar-refractivity contribution in [2.75, 3.05) is 17.8 Å². The second-order valence-corrected chi connectivity index (χ2v) is 8.73. The number of hydrogen-bond donors (Lipinski definition) is 1. The number of sulfonamides is 1. The predicted molar refractivity (Wildman–Crippen MR) is 105 cm³/mol. The maximum absolute atomic E-state index is 12.8. The van der Waals surface area contributed by atoms with Gasteiger partial charge in [0.25, 0.3) is 15.9 Å². The number of halogens is 1. The normalized spacial score (nSPS) is 20.3. The molecule has 1 aliphatic heterocycles. The summed E-state index contributed by atoms with van der Waals surface area (Å²) in [6.07, 6.45) is -0.118. The van der Waals surface area contributed by atoms with E-state index in [2.05, 4.69) is 4.72 Å². The van der Waals surface area contributed by atoms with Crippen LogP contribution in [-0.4, -0.2) is 44.5 Å². The van der Waals surface area contributed by atoms with Gasteiger partial charge in [0.2, 0.25) is 0 Å². The van der Waals surface area contributed by atoms with Crippen molar-refractivity contribution in [2.24, 2.45) is 0 Å². The van der Waals surface area contributed by atoms with Crippen LogP contribution in [0.1, 0.15) is 24.2 Å². The maximum atomic E-state index is 12.8. The van der Waals surface area contributed by atoms with Gasteiger partial charge in [-0.1, -0.05) is 17.7 Å². The molecule has 2 aromatic carbocycles. The Morgan fingerprint density at radius 3 is 2.37 bits per heavy atom. The number of ether oxygens (including phenoxy) is 1. The molecule has 1 heterocycles. The van der Waals surface area contributed by atoms with Crippen molar-refractivity contribution in [1.29, 1.82) is 0 Å². The number of nitrogens with zero attached hydrogens (tertiary/aromatic N) is 1. The lowest BCUT2D eigenvalue weighted by atomic mass is 10.1. The zero-order chi connectivity index (χ0) is 19.6. The van der Waals surface area contributed by atoms with Gasteiger partial charge in [0.15, 0.2) is 0 Å². The van der Waals surface area contributed by atoms with E-state index >= 15 is 0 Å². The largest absolute Gasteiger partial charge is 0.372 e. The topological polar surface area (TPSA) is 75.7 Å². The molecule has 2 atom stereocenters. The Morgan fingerprint density at radius 1 is 1.11 bits per heavy atom. The zero-order valence-corrected chi connectivity index (χ0v) is 16.6. The molecule has 2 aromatic rings. The third kappa shape index (κ3) is 4.80. The molecule has 144 valence electrons. The fourth-order valence-corrected chi connectivity index (χ4v) is 4.28. The summed E-state index contributed by atoms with van der Waals surface area (Å²) in [5, 5.41) is 0.513. The van der Waals surface area contributed by atoms with Crippen LogP contribution in [0.15, 0.2) is 53.4 Å². The summed E-state index contributed by atoms with van der Waals surface area (Å²) in [6, 6.07) is 12.4. The summed E-state index contributed by atoms with van der Waals surface area (Å²) in [5.41, 5.74) is 0.724. The van der Waals surface area contributed by atoms with Crippen LogP contribution in [0.3, 0.4) is 0 Å². The van der Waals surface area contributed by atoms with E-state index in [4.69, 9.17) is 16.3 Å². The lowest BCUT2D eigenvalue weighted by molar-refractivity contribution is -0.0586. The van der Waals surface area contributed by atoms with Gasteiger partial charge in [0.05, 0.1) is 17.1 Å². The number of hydrogen-bond acceptors (Lipinski definition) is 4. The molecule has 0 saturated carbocycles. The molecule has 0 bridgehead atoms. The first-order valence-corrected chi connectivity index (χ1v) is 10.4. The van der Waals surface area contributed by atoms with Gasteiger partial charge < -0.3 is 9.64 Å². The third-order valence-corrected chi connectivity index (χ3v) is 5.83. The Kier molecular flexibility index (Phi) is 5.74. The monoisotopic (exact) mass is 408 g/mol. The van der Waals surface area contributed by atoms with E-state index in [1.165, 1.54) is 12.1 Å². The van der Waals surface area contributed by atoms with E-state index in [1.807, 2.05) is 13.8 Å². The van der Waals surface area contributed by atoms with Crippen LogP contribution in [0, 0.1) is 0 Å². The van der Waals surface area contributed by atoms with Gasteiger partial charge >= 0.3 is 0 Å². The minimum absolute atomic E-state index is 0.0256. The first kappa shape index (κ1) is 19.7. The van der Waals surface area contributed by atoms with Gasteiger partial charge in [-0.3, -0.25) is 9.52 Å². The molecule has 6 nitrogen and oxygen atoms in total. The quantitative estimate of drug-likeness (QED) is 0.841. The van der Waals surface area contributed by atoms with E-state index in [9.17, 15) is 13.2 Å². The van der Waals surface area contributed by atoms with E-state index in [0.29, 0.717) is 29.4 Å². The molecule has 0 radical (unpaired) electrons. The van der Waals surface area contributed by atoms with Crippen LogP contribution in [-0.2, 0) is 14.8 Å². The fraction of sp³-hybridized carbons (Fsp3) is 0.316. The van der Waals surface area contributed by atoms with E-state index in [1.54, 1.807) is 41.3 Å². The highest BCUT2D eigenvalue weighted by atomic mass is 35.5. The van der Waals surface area contributed by atoms with Crippen LogP contribution in [0.4, 0.5) is 5.69 Å². The van der Waals surface area contributed by atoms with Gasteiger partial charge in [-0.2, -0.15) is 0 Å². The highest BCUT2D eigenvalue weighted by Crippen LogP contribution is 2.21. The fourth-order valence-electron chi connectivity index (χ4n) is 3.05. The minimum atomic E-state index is -3.82. The zero-order valence-electron chi connectivity index (χ0n) is 15.1. The molecule has 1 saturated heterocycles. The minimum Gasteiger partial charge on any atom is -0.372 e. The SMILES string of the molecule is C[C@@H]1CN(C(=O)c2cccc(S(=O)(=O)Nc3ccc(Cl)cc3)c2)C[C@@H](C)O1. The van der Waals surface area contributed by atoms with Crippen molar-refractivity contribution >= 4 is 33.2 Å². The van der Waals surface area contributed by atoms with Gasteiger partial charge in [-0.05, 0) is 56.3 Å². The standard InChI is InChI=1S/C19H21ClN2O4S/c1-13-11-22(12-14(2)26-13)19(23)15-4-3-5-18(10-15)27(24,25)21-17-8-6-16(20)7-9-17/h3-10,13-14,21H,11-12H2,1-2H3/t13-,14-/m1/s1. The summed E-state index contributed by atoms with van der Waals surface area (Å²) in [5.74, 6) is -0.208. The van der Waals surface area contributed by atoms with Crippen molar-refractivity contribution < 1.29 is 17.9 Å². The third-order valence-electron chi connectivity index (χ3n) is 4.19. The van der Waals surface area contributed by atoms with Gasteiger partial charge in [-0.25, -0.2) is 8.42 Å². The second-order valence-electron chi connectivity index (χ2n) is 6.61. The van der Waals surface area contributed by atoms with Crippen molar-refractivity contribution in [1.82, 2.24) is 4.90 Å². The summed E-state index contributed by atoms with van der Waals surface area (Å²) in [7, 11) is -3.82. The molecule has 27 heavy (non-hydrogen) atoms. The first-order chi connectivity index (χ1) is 12.7. The lowest BCUT2D eigenvalue weighted by Gasteiger charge is -2.35. The average Bonchev–Trinajstić information content (AvgIpc) is 2.62. The van der Waals surface area contributed by atoms with Gasteiger partial charge in [-0.15, -0.1) is 0 Å². The Bertz CT molecular complexity index is 921. The van der Waals surface area contributed by atoms with Crippen molar-refractivity contribution in [3.05, 3.63) is 59.1 Å². The van der Waals surface area contributed by atoms with Crippen LogP contribution in [0.25, 0.3) is 0 Å². The van der Waals surface area contributed by atoms with Gasteiger partial charge in [0.1, 0.15) is 0 Å². The van der Waals surface area contributed by atoms with Gasteiger partial charge in [0, 0.05) is 29.4 Å². The summed E-state index contributed by atoms with van der Waals surface area (Å²) in [6.45, 7) is 4.77. The van der Waals surface area contributed by atoms with Crippen LogP contribution < -0.4 is 4.72 Å². The highest BCUT2D eigenvalue weighted by Gasteiger charge is 2.27. The second kappa shape index (κ2) is 7.88. The number of anilines is 1. The summed E-state index contributed by atoms with van der Waals surface area (Å²) in [4.78, 5) is 14.5. The Balaban J connectivity index is 1.82. The Labute approximate surface area is 164 Å². The predicted octanol–water partition coefficient (Wildman–Crippen LogP) is 3.39. The first-order valence-electron chi connectivity index (χ1n) is 8.58. The van der Waals surface area contributed by atoms with E-state index in [0.717, 1.165) is 0 Å². The van der Waals surface area contributed by atoms with Crippen molar-refractivity contribution in [3.63, 3.8) is 0 Å². The Morgan fingerprint density at radius 2 is 1.74 bits per heavy atom. The van der Waals surface area contributed by atoms with Crippen LogP contribution >= 0.6 is 11.6 Å². The van der Waals surface area contributed by atoms with Crippen LogP contribution in [0.2, 0.25) is 5.02 Å². The molecule has 8 heteroatoms. The highest BCUT2D eigenvalue weighted by molar-refractivity contribution is 7.92. The number of carbonyl (C=O) groups is 1. The molecule has 3 rings (SSSR count). The van der Waals surface area contributed by atoms with Crippen molar-refractivity contribution in [3.8, 4) is 0 Å². The number of amides is 1. The molecule has 0 spiro atoms. The molecular weight excluding hydrogens is 388 g/mol.